The Morgan fingerprint density at radius 1 is 1.21 bits per heavy atom. The summed E-state index contributed by atoms with van der Waals surface area (Å²) in [5.41, 5.74) is 1.88. The monoisotopic (exact) mass is 279 g/mol. The Bertz CT molecular complexity index is 537. The van der Waals surface area contributed by atoms with E-state index >= 15 is 0 Å². The highest BCUT2D eigenvalue weighted by atomic mass is 35.5. The van der Waals surface area contributed by atoms with Gasteiger partial charge in [0.1, 0.15) is 11.3 Å². The Kier molecular flexibility index (Phi) is 4.46. The summed E-state index contributed by atoms with van der Waals surface area (Å²) in [4.78, 5) is 9.03. The largest absolute Gasteiger partial charge is 0.311 e. The van der Waals surface area contributed by atoms with Gasteiger partial charge in [-0.1, -0.05) is 27.7 Å². The average molecular weight is 280 g/mol. The first-order valence-electron chi connectivity index (χ1n) is 6.90. The maximum atomic E-state index is 6.04. The molecule has 0 atom stereocenters. The van der Waals surface area contributed by atoms with Gasteiger partial charge in [-0.2, -0.15) is 0 Å². The number of nitrogens with zero attached hydrogens (tertiary/aromatic N) is 3. The van der Waals surface area contributed by atoms with Crippen molar-refractivity contribution in [2.24, 2.45) is 17.8 Å². The van der Waals surface area contributed by atoms with Crippen molar-refractivity contribution in [2.75, 3.05) is 0 Å². The number of pyridine rings is 1. The van der Waals surface area contributed by atoms with Crippen LogP contribution in [-0.4, -0.2) is 14.5 Å². The van der Waals surface area contributed by atoms with Gasteiger partial charge < -0.3 is 4.57 Å². The van der Waals surface area contributed by atoms with Gasteiger partial charge in [-0.15, -0.1) is 11.6 Å². The topological polar surface area (TPSA) is 30.7 Å². The third kappa shape index (κ3) is 2.92. The van der Waals surface area contributed by atoms with E-state index in [4.69, 9.17) is 11.6 Å². The van der Waals surface area contributed by atoms with E-state index in [0.717, 1.165) is 23.5 Å². The van der Waals surface area contributed by atoms with Crippen LogP contribution in [0.25, 0.3) is 11.2 Å². The minimum absolute atomic E-state index is 0.430. The molecule has 0 fully saturated rings. The zero-order valence-corrected chi connectivity index (χ0v) is 12.9. The predicted molar refractivity (Wildman–Crippen MR) is 80.3 cm³/mol. The molecule has 3 nitrogen and oxygen atoms in total. The van der Waals surface area contributed by atoms with Crippen LogP contribution in [0.4, 0.5) is 0 Å². The average Bonchev–Trinajstić information content (AvgIpc) is 2.72. The van der Waals surface area contributed by atoms with Gasteiger partial charge in [0.25, 0.3) is 0 Å². The van der Waals surface area contributed by atoms with Crippen LogP contribution in [0.3, 0.4) is 0 Å². The quantitative estimate of drug-likeness (QED) is 0.772. The number of imidazole rings is 1. The Balaban J connectivity index is 2.43. The lowest BCUT2D eigenvalue weighted by Crippen LogP contribution is -2.23. The lowest BCUT2D eigenvalue weighted by molar-refractivity contribution is 0.252. The number of halogens is 1. The van der Waals surface area contributed by atoms with Crippen molar-refractivity contribution in [1.82, 2.24) is 14.5 Å². The first-order valence-corrected chi connectivity index (χ1v) is 7.44. The molecule has 0 saturated carbocycles. The maximum absolute atomic E-state index is 6.04. The standard InChI is InChI=1S/C15H22ClN3/c1-10(2)12(11(3)4)9-19-14(8-16)18-13-6-5-7-17-15(13)19/h5-7,10-12H,8-9H2,1-4H3. The lowest BCUT2D eigenvalue weighted by Gasteiger charge is -2.26. The predicted octanol–water partition coefficient (Wildman–Crippen LogP) is 4.10. The molecule has 0 unspecified atom stereocenters. The van der Waals surface area contributed by atoms with E-state index in [0.29, 0.717) is 23.6 Å². The molecule has 0 amide bonds. The highest BCUT2D eigenvalue weighted by Crippen LogP contribution is 2.25. The molecule has 0 N–H and O–H groups in total. The number of alkyl halides is 1. The number of hydrogen-bond donors (Lipinski definition) is 0. The summed E-state index contributed by atoms with van der Waals surface area (Å²) in [5, 5.41) is 0. The Morgan fingerprint density at radius 3 is 2.47 bits per heavy atom. The van der Waals surface area contributed by atoms with Gasteiger partial charge in [0, 0.05) is 12.7 Å². The van der Waals surface area contributed by atoms with Crippen LogP contribution in [0, 0.1) is 17.8 Å². The fourth-order valence-corrected chi connectivity index (χ4v) is 2.91. The van der Waals surface area contributed by atoms with E-state index in [1.807, 2.05) is 18.3 Å². The fourth-order valence-electron chi connectivity index (χ4n) is 2.70. The minimum Gasteiger partial charge on any atom is -0.311 e. The summed E-state index contributed by atoms with van der Waals surface area (Å²) in [6.45, 7) is 10.0. The van der Waals surface area contributed by atoms with Gasteiger partial charge in [0.15, 0.2) is 5.65 Å². The van der Waals surface area contributed by atoms with Gasteiger partial charge in [0.05, 0.1) is 5.88 Å². The van der Waals surface area contributed by atoms with Crippen molar-refractivity contribution in [3.8, 4) is 0 Å². The Morgan fingerprint density at radius 2 is 1.89 bits per heavy atom. The van der Waals surface area contributed by atoms with E-state index in [1.165, 1.54) is 0 Å². The van der Waals surface area contributed by atoms with E-state index < -0.39 is 0 Å². The summed E-state index contributed by atoms with van der Waals surface area (Å²) in [6, 6.07) is 3.91. The van der Waals surface area contributed by atoms with Crippen molar-refractivity contribution in [3.63, 3.8) is 0 Å². The molecule has 0 saturated heterocycles. The van der Waals surface area contributed by atoms with E-state index in [1.54, 1.807) is 0 Å². The second-order valence-corrected chi connectivity index (χ2v) is 6.04. The molecule has 104 valence electrons. The second-order valence-electron chi connectivity index (χ2n) is 5.77. The molecule has 19 heavy (non-hydrogen) atoms. The minimum atomic E-state index is 0.430. The van der Waals surface area contributed by atoms with E-state index in [2.05, 4.69) is 42.2 Å². The number of rotatable bonds is 5. The normalized spacial score (nSPS) is 12.2. The van der Waals surface area contributed by atoms with Crippen LogP contribution in [0.15, 0.2) is 18.3 Å². The SMILES string of the molecule is CC(C)C(Cn1c(CCl)nc2cccnc21)C(C)C. The van der Waals surface area contributed by atoms with Gasteiger partial charge in [-0.3, -0.25) is 0 Å². The second kappa shape index (κ2) is 5.91. The third-order valence-corrected chi connectivity index (χ3v) is 4.05. The zero-order chi connectivity index (χ0) is 14.0. The van der Waals surface area contributed by atoms with Crippen LogP contribution in [0.1, 0.15) is 33.5 Å². The molecular formula is C15H22ClN3. The fraction of sp³-hybridized carbons (Fsp3) is 0.600. The van der Waals surface area contributed by atoms with Gasteiger partial charge in [-0.05, 0) is 29.9 Å². The van der Waals surface area contributed by atoms with Gasteiger partial charge in [-0.25, -0.2) is 9.97 Å². The first-order chi connectivity index (χ1) is 9.04. The van der Waals surface area contributed by atoms with Gasteiger partial charge >= 0.3 is 0 Å². The molecule has 0 aromatic carbocycles. The molecule has 4 heteroatoms. The third-order valence-electron chi connectivity index (χ3n) is 3.81. The first kappa shape index (κ1) is 14.3. The van der Waals surface area contributed by atoms with E-state index in [-0.39, 0.29) is 0 Å². The molecule has 2 rings (SSSR count). The zero-order valence-electron chi connectivity index (χ0n) is 12.1. The molecule has 0 spiro atoms. The molecule has 0 bridgehead atoms. The van der Waals surface area contributed by atoms with Crippen LogP contribution in [-0.2, 0) is 12.4 Å². The lowest BCUT2D eigenvalue weighted by atomic mass is 9.85. The summed E-state index contributed by atoms with van der Waals surface area (Å²) in [6.07, 6.45) is 1.82. The molecular weight excluding hydrogens is 258 g/mol. The van der Waals surface area contributed by atoms with Crippen molar-refractivity contribution in [3.05, 3.63) is 24.2 Å². The molecule has 0 aliphatic heterocycles. The Labute approximate surface area is 120 Å². The highest BCUT2D eigenvalue weighted by Gasteiger charge is 2.21. The van der Waals surface area contributed by atoms with Crippen molar-refractivity contribution >= 4 is 22.8 Å². The maximum Gasteiger partial charge on any atom is 0.160 e. The van der Waals surface area contributed by atoms with Gasteiger partial charge in [0.2, 0.25) is 0 Å². The summed E-state index contributed by atoms with van der Waals surface area (Å²) in [7, 11) is 0. The molecule has 2 heterocycles. The number of hydrogen-bond acceptors (Lipinski definition) is 2. The van der Waals surface area contributed by atoms with Crippen molar-refractivity contribution < 1.29 is 0 Å². The van der Waals surface area contributed by atoms with Crippen molar-refractivity contribution in [1.29, 1.82) is 0 Å². The van der Waals surface area contributed by atoms with Crippen molar-refractivity contribution in [2.45, 2.75) is 40.1 Å². The van der Waals surface area contributed by atoms with Crippen LogP contribution < -0.4 is 0 Å². The summed E-state index contributed by atoms with van der Waals surface area (Å²) >= 11 is 6.04. The molecule has 0 aliphatic carbocycles. The number of fused-ring (bicyclic) bond motifs is 1. The van der Waals surface area contributed by atoms with Crippen LogP contribution in [0.5, 0.6) is 0 Å². The highest BCUT2D eigenvalue weighted by molar-refractivity contribution is 6.16. The summed E-state index contributed by atoms with van der Waals surface area (Å²) < 4.78 is 2.19. The Hall–Kier alpha value is -1.09. The molecule has 0 radical (unpaired) electrons. The molecule has 0 aliphatic rings. The summed E-state index contributed by atoms with van der Waals surface area (Å²) in [5.74, 6) is 3.20. The number of aromatic nitrogens is 3. The van der Waals surface area contributed by atoms with Crippen LogP contribution in [0.2, 0.25) is 0 Å². The van der Waals surface area contributed by atoms with E-state index in [9.17, 15) is 0 Å². The van der Waals surface area contributed by atoms with Crippen LogP contribution >= 0.6 is 11.6 Å². The smallest absolute Gasteiger partial charge is 0.160 e. The molecule has 2 aromatic heterocycles. The molecule has 2 aromatic rings.